The van der Waals surface area contributed by atoms with Crippen LogP contribution in [-0.2, 0) is 14.3 Å². The Balaban J connectivity index is 1.66. The molecule has 4 saturated carbocycles. The van der Waals surface area contributed by atoms with Gasteiger partial charge >= 0.3 is 11.9 Å². The fourth-order valence-electron chi connectivity index (χ4n) is 6.97. The van der Waals surface area contributed by atoms with Gasteiger partial charge in [-0.3, -0.25) is 9.59 Å². The molecular formula is C21H32O4. The molecule has 4 fully saturated rings. The van der Waals surface area contributed by atoms with E-state index in [1.165, 1.54) is 25.7 Å². The maximum absolute atomic E-state index is 13.2. The molecule has 0 amide bonds. The van der Waals surface area contributed by atoms with Crippen LogP contribution in [0.3, 0.4) is 0 Å². The van der Waals surface area contributed by atoms with Crippen molar-refractivity contribution in [2.75, 3.05) is 0 Å². The molecule has 0 heterocycles. The Morgan fingerprint density at radius 3 is 2.28 bits per heavy atom. The molecule has 1 N–H and O–H groups in total. The minimum Gasteiger partial charge on any atom is -0.480 e. The Morgan fingerprint density at radius 1 is 1.04 bits per heavy atom. The summed E-state index contributed by atoms with van der Waals surface area (Å²) in [6.07, 6.45) is 8.47. The predicted octanol–water partition coefficient (Wildman–Crippen LogP) is 4.42. The molecule has 0 saturated heterocycles. The van der Waals surface area contributed by atoms with Crippen molar-refractivity contribution >= 4 is 11.9 Å². The van der Waals surface area contributed by atoms with Crippen molar-refractivity contribution in [1.82, 2.24) is 0 Å². The second kappa shape index (κ2) is 5.47. The molecule has 4 heteroatoms. The van der Waals surface area contributed by atoms with Crippen molar-refractivity contribution in [3.05, 3.63) is 0 Å². The molecule has 2 bridgehead atoms. The van der Waals surface area contributed by atoms with Crippen LogP contribution in [0.25, 0.3) is 0 Å². The van der Waals surface area contributed by atoms with Crippen LogP contribution < -0.4 is 0 Å². The van der Waals surface area contributed by atoms with Crippen LogP contribution in [0.1, 0.15) is 78.6 Å². The molecule has 0 aromatic carbocycles. The molecule has 0 aliphatic heterocycles. The van der Waals surface area contributed by atoms with E-state index < -0.39 is 23.0 Å². The third-order valence-electron chi connectivity index (χ3n) is 8.27. The van der Waals surface area contributed by atoms with Crippen LogP contribution in [-0.4, -0.2) is 22.6 Å². The summed E-state index contributed by atoms with van der Waals surface area (Å²) in [6.45, 7) is 6.52. The number of carbonyl (C=O) groups excluding carboxylic acids is 1. The number of hydrogen-bond acceptors (Lipinski definition) is 3. The fourth-order valence-corrected chi connectivity index (χ4v) is 6.97. The van der Waals surface area contributed by atoms with Crippen molar-refractivity contribution in [3.8, 4) is 0 Å². The van der Waals surface area contributed by atoms with Crippen LogP contribution >= 0.6 is 0 Å². The lowest BCUT2D eigenvalue weighted by molar-refractivity contribution is -0.204. The van der Waals surface area contributed by atoms with E-state index in [2.05, 4.69) is 20.8 Å². The zero-order valence-corrected chi connectivity index (χ0v) is 15.8. The summed E-state index contributed by atoms with van der Waals surface area (Å²) in [5.41, 5.74) is -1.94. The monoisotopic (exact) mass is 348 g/mol. The Hall–Kier alpha value is -1.06. The Labute approximate surface area is 150 Å². The first-order valence-electron chi connectivity index (χ1n) is 10.2. The quantitative estimate of drug-likeness (QED) is 0.606. The van der Waals surface area contributed by atoms with Crippen molar-refractivity contribution in [3.63, 3.8) is 0 Å². The van der Waals surface area contributed by atoms with Gasteiger partial charge in [-0.25, -0.2) is 0 Å². The van der Waals surface area contributed by atoms with Crippen LogP contribution in [0.2, 0.25) is 0 Å². The predicted molar refractivity (Wildman–Crippen MR) is 93.9 cm³/mol. The Kier molecular flexibility index (Phi) is 3.80. The zero-order valence-electron chi connectivity index (χ0n) is 15.8. The highest BCUT2D eigenvalue weighted by Crippen LogP contribution is 2.67. The number of carboxylic acid groups (broad SMARTS) is 1. The molecular weight excluding hydrogens is 316 g/mol. The number of ether oxygens (including phenoxy) is 1. The van der Waals surface area contributed by atoms with E-state index in [0.717, 1.165) is 25.2 Å². The summed E-state index contributed by atoms with van der Waals surface area (Å²) in [7, 11) is 0. The molecule has 0 radical (unpaired) electrons. The smallest absolute Gasteiger partial charge is 0.324 e. The van der Waals surface area contributed by atoms with E-state index in [4.69, 9.17) is 4.74 Å². The minimum absolute atomic E-state index is 0.159. The van der Waals surface area contributed by atoms with Crippen molar-refractivity contribution in [2.45, 2.75) is 84.2 Å². The van der Waals surface area contributed by atoms with Gasteiger partial charge in [-0.05, 0) is 56.3 Å². The molecule has 5 atom stereocenters. The van der Waals surface area contributed by atoms with Gasteiger partial charge in [-0.2, -0.15) is 0 Å². The first-order valence-corrected chi connectivity index (χ1v) is 10.2. The SMILES string of the molecule is CC(C)(C)C1(OC(=O)C2(C(=O)O)CCCC2)CC2CC1C1CCCC21. The van der Waals surface area contributed by atoms with Gasteiger partial charge in [0.2, 0.25) is 0 Å². The van der Waals surface area contributed by atoms with Gasteiger partial charge in [0.25, 0.3) is 0 Å². The van der Waals surface area contributed by atoms with Gasteiger partial charge < -0.3 is 9.84 Å². The van der Waals surface area contributed by atoms with E-state index in [1.54, 1.807) is 0 Å². The largest absolute Gasteiger partial charge is 0.480 e. The Bertz CT molecular complexity index is 583. The van der Waals surface area contributed by atoms with Crippen LogP contribution in [0, 0.1) is 34.5 Å². The van der Waals surface area contributed by atoms with E-state index in [0.29, 0.717) is 30.6 Å². The normalized spacial score (nSPS) is 41.7. The number of carboxylic acids is 1. The van der Waals surface area contributed by atoms with Crippen LogP contribution in [0.4, 0.5) is 0 Å². The standard InChI is InChI=1S/C21H32O4/c1-19(2,3)21(12-13-11-16(21)15-8-6-7-14(13)15)25-18(24)20(17(22)23)9-4-5-10-20/h13-16H,4-12H2,1-3H3,(H,22,23). The molecule has 4 nitrogen and oxygen atoms in total. The average molecular weight is 348 g/mol. The van der Waals surface area contributed by atoms with Gasteiger partial charge in [0.05, 0.1) is 0 Å². The number of rotatable bonds is 3. The van der Waals surface area contributed by atoms with Gasteiger partial charge in [-0.15, -0.1) is 0 Å². The van der Waals surface area contributed by atoms with Crippen molar-refractivity contribution < 1.29 is 19.4 Å². The molecule has 140 valence electrons. The maximum atomic E-state index is 13.2. The third-order valence-corrected chi connectivity index (χ3v) is 8.27. The lowest BCUT2D eigenvalue weighted by Crippen LogP contribution is -2.56. The number of carbonyl (C=O) groups is 2. The number of fused-ring (bicyclic) bond motifs is 5. The lowest BCUT2D eigenvalue weighted by Gasteiger charge is -2.51. The first-order chi connectivity index (χ1) is 11.7. The minimum atomic E-state index is -1.30. The number of esters is 1. The average Bonchev–Trinajstić information content (AvgIpc) is 3.27. The number of hydrogen-bond donors (Lipinski definition) is 1. The summed E-state index contributed by atoms with van der Waals surface area (Å²) in [5.74, 6) is 1.14. The second-order valence-electron chi connectivity index (χ2n) is 10.2. The second-order valence-corrected chi connectivity index (χ2v) is 10.2. The number of aliphatic carboxylic acids is 1. The van der Waals surface area contributed by atoms with E-state index in [-0.39, 0.29) is 5.41 Å². The highest BCUT2D eigenvalue weighted by Gasteiger charge is 2.67. The summed E-state index contributed by atoms with van der Waals surface area (Å²) in [5, 5.41) is 9.78. The molecule has 0 aromatic rings. The molecule has 4 aliphatic rings. The molecule has 0 aromatic heterocycles. The maximum Gasteiger partial charge on any atom is 0.324 e. The molecule has 25 heavy (non-hydrogen) atoms. The van der Waals surface area contributed by atoms with Gasteiger partial charge in [-0.1, -0.05) is 40.0 Å². The molecule has 5 unspecified atom stereocenters. The first kappa shape index (κ1) is 17.4. The Morgan fingerprint density at radius 2 is 1.68 bits per heavy atom. The third kappa shape index (κ3) is 2.24. The van der Waals surface area contributed by atoms with E-state index >= 15 is 0 Å². The van der Waals surface area contributed by atoms with Gasteiger partial charge in [0, 0.05) is 11.3 Å². The van der Waals surface area contributed by atoms with Crippen molar-refractivity contribution in [2.24, 2.45) is 34.5 Å². The molecule has 4 rings (SSSR count). The molecule has 4 aliphatic carbocycles. The van der Waals surface area contributed by atoms with E-state index in [1.807, 2.05) is 0 Å². The van der Waals surface area contributed by atoms with Crippen LogP contribution in [0.15, 0.2) is 0 Å². The van der Waals surface area contributed by atoms with Crippen LogP contribution in [0.5, 0.6) is 0 Å². The summed E-state index contributed by atoms with van der Waals surface area (Å²) in [6, 6.07) is 0. The van der Waals surface area contributed by atoms with Crippen molar-refractivity contribution in [1.29, 1.82) is 0 Å². The highest BCUT2D eigenvalue weighted by molar-refractivity contribution is 5.99. The van der Waals surface area contributed by atoms with Gasteiger partial charge in [0.1, 0.15) is 5.60 Å². The van der Waals surface area contributed by atoms with E-state index in [9.17, 15) is 14.7 Å². The summed E-state index contributed by atoms with van der Waals surface area (Å²) in [4.78, 5) is 25.1. The zero-order chi connectivity index (χ0) is 18.0. The summed E-state index contributed by atoms with van der Waals surface area (Å²) >= 11 is 0. The summed E-state index contributed by atoms with van der Waals surface area (Å²) < 4.78 is 6.33. The molecule has 0 spiro atoms. The van der Waals surface area contributed by atoms with Gasteiger partial charge in [0.15, 0.2) is 5.41 Å². The highest BCUT2D eigenvalue weighted by atomic mass is 16.6. The fraction of sp³-hybridized carbons (Fsp3) is 0.905. The lowest BCUT2D eigenvalue weighted by atomic mass is 9.62. The topological polar surface area (TPSA) is 63.6 Å².